The molecular formula is C72H45N12Si+. The number of aromatic amines is 1. The van der Waals surface area contributed by atoms with Crippen LogP contribution in [0.1, 0.15) is 0 Å². The van der Waals surface area contributed by atoms with Crippen LogP contribution in [0.15, 0.2) is 267 Å². The molecule has 10 heterocycles. The van der Waals surface area contributed by atoms with E-state index in [9.17, 15) is 0 Å². The number of nitrogens with zero attached hydrogens (tertiary/aromatic N) is 11. The van der Waals surface area contributed by atoms with Crippen LogP contribution in [-0.2, 0) is 0 Å². The molecule has 0 amide bonds. The van der Waals surface area contributed by atoms with Gasteiger partial charge in [0, 0.05) is 57.9 Å². The molecule has 1 N–H and O–H groups in total. The molecule has 0 saturated heterocycles. The first-order valence-electron chi connectivity index (χ1n) is 28.4. The lowest BCUT2D eigenvalue weighted by Crippen LogP contribution is -2.70. The van der Waals surface area contributed by atoms with Crippen molar-refractivity contribution in [2.24, 2.45) is 0 Å². The molecule has 396 valence electrons. The largest absolute Gasteiger partial charge is 0.306 e. The van der Waals surface area contributed by atoms with E-state index in [-0.39, 0.29) is 0 Å². The third kappa shape index (κ3) is 6.89. The fraction of sp³-hybridized carbons (Fsp3) is 0. The SMILES string of the molecule is c1ccc(-n2c(-c3ccc4c(c3)[Si]3(c5cc(-c6nc7cccnc7n6-c6ccccc6)ccc5-4)c4cc(-c5nc6cccnc6n5-c5ccccc5)ccc4-c4ccc(-c5[nH]c6cccnc6[n+]5-c5ccccc5)cc43)nc3cccnc32)cc1. The smallest absolute Gasteiger partial charge is 0.277 e. The molecule has 8 aromatic carbocycles. The van der Waals surface area contributed by atoms with Gasteiger partial charge in [-0.15, -0.1) is 4.98 Å². The Balaban J connectivity index is 0.968. The number of hydrogen-bond donors (Lipinski definition) is 1. The van der Waals surface area contributed by atoms with E-state index >= 15 is 0 Å². The molecule has 12 nitrogen and oxygen atoms in total. The van der Waals surface area contributed by atoms with Crippen LogP contribution in [0.5, 0.6) is 0 Å². The Labute approximate surface area is 487 Å². The number of pyridine rings is 4. The molecule has 1 spiro atoms. The van der Waals surface area contributed by atoms with Crippen LogP contribution < -0.4 is 25.3 Å². The number of hydrogen-bond acceptors (Lipinski definition) is 7. The number of imidazole rings is 4. The van der Waals surface area contributed by atoms with Gasteiger partial charge in [-0.3, -0.25) is 18.7 Å². The predicted molar refractivity (Wildman–Crippen MR) is 338 cm³/mol. The molecule has 0 radical (unpaired) electrons. The van der Waals surface area contributed by atoms with Gasteiger partial charge >= 0.3 is 5.65 Å². The third-order valence-electron chi connectivity index (χ3n) is 17.1. The summed E-state index contributed by atoms with van der Waals surface area (Å²) in [5.74, 6) is 3.37. The normalized spacial score (nSPS) is 12.8. The van der Waals surface area contributed by atoms with Gasteiger partial charge in [-0.1, -0.05) is 133 Å². The lowest BCUT2D eigenvalue weighted by atomic mass is 10.0. The lowest BCUT2D eigenvalue weighted by molar-refractivity contribution is -0.557. The van der Waals surface area contributed by atoms with Crippen LogP contribution in [0.25, 0.3) is 135 Å². The second kappa shape index (κ2) is 18.2. The molecule has 2 aliphatic heterocycles. The second-order valence-electron chi connectivity index (χ2n) is 21.7. The first-order valence-corrected chi connectivity index (χ1v) is 30.4. The van der Waals surface area contributed by atoms with Gasteiger partial charge in [-0.2, -0.15) is 4.57 Å². The Morgan fingerprint density at radius 2 is 0.682 bits per heavy atom. The molecule has 8 aromatic heterocycles. The molecule has 85 heavy (non-hydrogen) atoms. The number of para-hydroxylation sites is 4. The number of nitrogens with one attached hydrogen (secondary N) is 1. The van der Waals surface area contributed by atoms with Crippen LogP contribution in [0.2, 0.25) is 0 Å². The summed E-state index contributed by atoms with van der Waals surface area (Å²) in [6, 6.07) is 86.3. The van der Waals surface area contributed by atoms with Crippen LogP contribution in [0, 0.1) is 0 Å². The Morgan fingerprint density at radius 1 is 0.329 bits per heavy atom. The number of benzene rings is 8. The summed E-state index contributed by atoms with van der Waals surface area (Å²) in [5, 5.41) is 5.05. The highest BCUT2D eigenvalue weighted by Gasteiger charge is 2.55. The fourth-order valence-corrected chi connectivity index (χ4v) is 19.3. The molecule has 2 aliphatic rings. The summed E-state index contributed by atoms with van der Waals surface area (Å²) >= 11 is 0. The lowest BCUT2D eigenvalue weighted by Gasteiger charge is -2.29. The van der Waals surface area contributed by atoms with Gasteiger partial charge in [0.05, 0.1) is 0 Å². The quantitative estimate of drug-likeness (QED) is 0.119. The number of H-pyrrole nitrogens is 1. The predicted octanol–water partition coefficient (Wildman–Crippen LogP) is 12.0. The maximum atomic E-state index is 5.45. The van der Waals surface area contributed by atoms with E-state index in [4.69, 9.17) is 34.9 Å². The Bertz CT molecular complexity index is 4710. The number of rotatable bonds is 8. The molecule has 18 rings (SSSR count). The highest BCUT2D eigenvalue weighted by atomic mass is 28.3. The zero-order chi connectivity index (χ0) is 55.7. The van der Waals surface area contributed by atoms with Crippen molar-refractivity contribution in [1.82, 2.24) is 53.6 Å². The average Bonchev–Trinajstić information content (AvgIpc) is 1.53. The zero-order valence-corrected chi connectivity index (χ0v) is 46.3. The Hall–Kier alpha value is -11.5. The second-order valence-corrected chi connectivity index (χ2v) is 25.3. The summed E-state index contributed by atoms with van der Waals surface area (Å²) in [4.78, 5) is 40.1. The number of fused-ring (bicyclic) bond motifs is 14. The molecule has 0 fully saturated rings. The first-order chi connectivity index (χ1) is 42.2. The van der Waals surface area contributed by atoms with Crippen LogP contribution >= 0.6 is 0 Å². The molecule has 0 aliphatic carbocycles. The average molecular weight is 1110 g/mol. The van der Waals surface area contributed by atoms with E-state index in [1.165, 1.54) is 43.0 Å². The Morgan fingerprint density at radius 3 is 1.09 bits per heavy atom. The van der Waals surface area contributed by atoms with Gasteiger partial charge < -0.3 is 0 Å². The van der Waals surface area contributed by atoms with Crippen molar-refractivity contribution in [1.29, 1.82) is 0 Å². The van der Waals surface area contributed by atoms with Crippen molar-refractivity contribution in [2.75, 3.05) is 0 Å². The van der Waals surface area contributed by atoms with Crippen molar-refractivity contribution in [3.05, 3.63) is 267 Å². The standard InChI is InChI=1S/C72H44N12Si/c1-5-17-49(18-6-1)81-65(77-57-25-13-37-73-69(57)81)45-29-33-53-54-34-30-46(66-78-58-26-14-38-74-70(58)82(66)50-19-7-2-8-20-50)42-62(54)85(61(53)41-45)63-43-47(67-79-59-27-15-39-75-71(59)83(67)51-21-9-3-10-22-51)31-35-55(63)56-36-32-48(44-64(56)85)68-80-60-28-16-40-76-72(60)84(68)52-23-11-4-12-24-52/h1-44H/p+1. The number of aromatic nitrogens is 12. The summed E-state index contributed by atoms with van der Waals surface area (Å²) in [6.45, 7) is 0. The molecule has 0 unspecified atom stereocenters. The third-order valence-corrected chi connectivity index (χ3v) is 22.0. The summed E-state index contributed by atoms with van der Waals surface area (Å²) in [5.41, 5.74) is 19.3. The monoisotopic (exact) mass is 1110 g/mol. The fourth-order valence-electron chi connectivity index (χ4n) is 13.6. The van der Waals surface area contributed by atoms with Crippen molar-refractivity contribution < 1.29 is 4.57 Å². The van der Waals surface area contributed by atoms with E-state index in [2.05, 4.69) is 223 Å². The van der Waals surface area contributed by atoms with Crippen LogP contribution in [0.3, 0.4) is 0 Å². The van der Waals surface area contributed by atoms with E-state index in [0.29, 0.717) is 0 Å². The summed E-state index contributed by atoms with van der Waals surface area (Å²) in [7, 11) is -3.55. The van der Waals surface area contributed by atoms with E-state index in [1.54, 1.807) is 0 Å². The van der Waals surface area contributed by atoms with Gasteiger partial charge in [-0.05, 0) is 152 Å². The molecular weight excluding hydrogens is 1060 g/mol. The molecule has 16 aromatic rings. The van der Waals surface area contributed by atoms with Gasteiger partial charge in [0.1, 0.15) is 45.9 Å². The minimum Gasteiger partial charge on any atom is -0.277 e. The molecule has 0 bridgehead atoms. The maximum absolute atomic E-state index is 5.45. The van der Waals surface area contributed by atoms with Gasteiger partial charge in [0.25, 0.3) is 0 Å². The van der Waals surface area contributed by atoms with Crippen molar-refractivity contribution in [3.8, 4) is 90.6 Å². The van der Waals surface area contributed by atoms with Gasteiger partial charge in [0.15, 0.2) is 30.5 Å². The highest BCUT2D eigenvalue weighted by Crippen LogP contribution is 2.42. The van der Waals surface area contributed by atoms with Gasteiger partial charge in [-0.25, -0.2) is 29.9 Å². The first kappa shape index (κ1) is 47.1. The van der Waals surface area contributed by atoms with E-state index in [0.717, 1.165) is 113 Å². The highest BCUT2D eigenvalue weighted by molar-refractivity contribution is 7.24. The topological polar surface area (TPSA) is 125 Å². The van der Waals surface area contributed by atoms with Crippen molar-refractivity contribution >= 4 is 73.5 Å². The van der Waals surface area contributed by atoms with Gasteiger partial charge in [0.2, 0.25) is 5.82 Å². The minimum absolute atomic E-state index is 0.793. The van der Waals surface area contributed by atoms with E-state index in [1.807, 2.05) is 67.3 Å². The maximum Gasteiger partial charge on any atom is 0.306 e. The zero-order valence-electron chi connectivity index (χ0n) is 45.3. The summed E-state index contributed by atoms with van der Waals surface area (Å²) in [6.07, 6.45) is 7.42. The summed E-state index contributed by atoms with van der Waals surface area (Å²) < 4.78 is 8.86. The van der Waals surface area contributed by atoms with Crippen molar-refractivity contribution in [3.63, 3.8) is 0 Å². The van der Waals surface area contributed by atoms with E-state index < -0.39 is 8.07 Å². The molecule has 13 heteroatoms. The van der Waals surface area contributed by atoms with Crippen molar-refractivity contribution in [2.45, 2.75) is 0 Å². The molecule has 0 saturated carbocycles. The Kier molecular flexibility index (Phi) is 10.1. The minimum atomic E-state index is -3.55. The molecule has 0 atom stereocenters. The van der Waals surface area contributed by atoms with Crippen LogP contribution in [-0.4, -0.2) is 61.6 Å². The van der Waals surface area contributed by atoms with Crippen LogP contribution in [0.4, 0.5) is 0 Å².